The van der Waals surface area contributed by atoms with Gasteiger partial charge in [0.25, 0.3) is 0 Å². The van der Waals surface area contributed by atoms with Gasteiger partial charge in [0.1, 0.15) is 17.1 Å². The first-order valence-electron chi connectivity index (χ1n) is 18.3. The van der Waals surface area contributed by atoms with Gasteiger partial charge in [-0.2, -0.15) is 9.97 Å². The second kappa shape index (κ2) is 12.5. The van der Waals surface area contributed by atoms with Crippen molar-refractivity contribution in [2.24, 2.45) is 5.41 Å². The van der Waals surface area contributed by atoms with Gasteiger partial charge in [-0.1, -0.05) is 38.0 Å². The highest BCUT2D eigenvalue weighted by molar-refractivity contribution is 6.05. The fourth-order valence-electron chi connectivity index (χ4n) is 8.71. The monoisotopic (exact) mass is 682 g/mol. The first-order valence-corrected chi connectivity index (χ1v) is 18.3. The number of aromatic nitrogens is 3. The van der Waals surface area contributed by atoms with Gasteiger partial charge >= 0.3 is 6.01 Å². The van der Waals surface area contributed by atoms with Gasteiger partial charge < -0.3 is 20.1 Å². The number of nitrogens with zero attached hydrogens (tertiary/aromatic N) is 5. The Morgan fingerprint density at radius 1 is 1.10 bits per heavy atom. The van der Waals surface area contributed by atoms with E-state index in [1.165, 1.54) is 5.56 Å². The van der Waals surface area contributed by atoms with Crippen molar-refractivity contribution < 1.29 is 14.2 Å². The predicted molar refractivity (Wildman–Crippen MR) is 199 cm³/mol. The molecule has 3 fully saturated rings. The maximum atomic E-state index is 17.6. The lowest BCUT2D eigenvalue weighted by Gasteiger charge is -2.34. The smallest absolute Gasteiger partial charge is 0.319 e. The van der Waals surface area contributed by atoms with Crippen LogP contribution in [0.25, 0.3) is 32.8 Å². The molecule has 0 amide bonds. The number of rotatable bonds is 8. The number of halogens is 1. The summed E-state index contributed by atoms with van der Waals surface area (Å²) in [4.78, 5) is 19.3. The van der Waals surface area contributed by atoms with Gasteiger partial charge in [0.05, 0.1) is 12.3 Å². The minimum Gasteiger partial charge on any atom is -0.508 e. The van der Waals surface area contributed by atoms with Gasteiger partial charge in [-0.15, -0.1) is 6.42 Å². The van der Waals surface area contributed by atoms with Crippen LogP contribution in [0.4, 0.5) is 10.2 Å². The number of terminal acetylenes is 1. The summed E-state index contributed by atoms with van der Waals surface area (Å²) in [6, 6.07) is 16.1. The summed E-state index contributed by atoms with van der Waals surface area (Å²) in [7, 11) is 0. The van der Waals surface area contributed by atoms with Crippen molar-refractivity contribution in [2.45, 2.75) is 70.5 Å². The van der Waals surface area contributed by atoms with Gasteiger partial charge in [-0.25, -0.2) is 4.39 Å². The van der Waals surface area contributed by atoms with E-state index in [0.29, 0.717) is 40.8 Å². The van der Waals surface area contributed by atoms with Crippen molar-refractivity contribution >= 4 is 27.5 Å². The maximum Gasteiger partial charge on any atom is 0.319 e. The Kier molecular flexibility index (Phi) is 7.86. The van der Waals surface area contributed by atoms with Crippen molar-refractivity contribution in [1.82, 2.24) is 25.2 Å². The highest BCUT2D eigenvalue weighted by Crippen LogP contribution is 2.48. The van der Waals surface area contributed by atoms with Crippen LogP contribution in [0, 0.1) is 23.6 Å². The van der Waals surface area contributed by atoms with Crippen molar-refractivity contribution in [3.63, 3.8) is 0 Å². The Bertz CT molecular complexity index is 2210. The molecule has 9 heteroatoms. The van der Waals surface area contributed by atoms with E-state index in [0.717, 1.165) is 92.7 Å². The number of nitrogens with one attached hydrogen (secondary N) is 1. The molecule has 5 heterocycles. The van der Waals surface area contributed by atoms with E-state index in [2.05, 4.69) is 52.0 Å². The second-order valence-electron chi connectivity index (χ2n) is 15.5. The normalized spacial score (nSPS) is 20.9. The number of piperazine rings is 1. The fraction of sp³-hybridized carbons (Fsp3) is 0.405. The third-order valence-electron chi connectivity index (χ3n) is 11.5. The molecule has 2 atom stereocenters. The van der Waals surface area contributed by atoms with E-state index in [1.54, 1.807) is 12.1 Å². The SMILES string of the molecule is C#Cc1cccc2cc(O)cc(-c3c(C(C)C)cc4c(N5CC6CCC(C5)N6)nc(OCC5(CN6CCc7cccnc7C6)CC5)nc4c3F)c12. The number of ether oxygens (including phenoxy) is 1. The Balaban J connectivity index is 1.14. The van der Waals surface area contributed by atoms with E-state index in [1.807, 2.05) is 30.5 Å². The van der Waals surface area contributed by atoms with Crippen LogP contribution < -0.4 is 15.0 Å². The predicted octanol–water partition coefficient (Wildman–Crippen LogP) is 6.95. The Hall–Kier alpha value is -4.78. The minimum atomic E-state index is -0.456. The third kappa shape index (κ3) is 5.84. The topological polar surface area (TPSA) is 86.6 Å². The largest absolute Gasteiger partial charge is 0.508 e. The number of phenolic OH excluding ortho intramolecular Hbond substituents is 1. The zero-order chi connectivity index (χ0) is 34.9. The van der Waals surface area contributed by atoms with Crippen LogP contribution >= 0.6 is 0 Å². The minimum absolute atomic E-state index is 0.0101. The quantitative estimate of drug-likeness (QED) is 0.170. The molecule has 0 radical (unpaired) electrons. The number of benzene rings is 3. The van der Waals surface area contributed by atoms with Gasteiger partial charge in [-0.05, 0) is 90.4 Å². The van der Waals surface area contributed by atoms with Crippen LogP contribution in [0.3, 0.4) is 0 Å². The molecule has 51 heavy (non-hydrogen) atoms. The molecule has 2 bridgehead atoms. The molecular weight excluding hydrogens is 640 g/mol. The summed E-state index contributed by atoms with van der Waals surface area (Å²) in [5.41, 5.74) is 5.13. The molecule has 2 aromatic heterocycles. The Morgan fingerprint density at radius 2 is 1.92 bits per heavy atom. The average Bonchev–Trinajstić information content (AvgIpc) is 3.82. The molecule has 0 spiro atoms. The standard InChI is InChI=1S/C42H43FN6O2/c1-4-26-7-5-8-28-17-31(50)18-33(36(26)28)37-32(25(2)3)19-34-39(38(37)43)46-41(47-40(34)49-20-29-10-11-30(21-49)45-29)51-24-42(13-14-42)23-48-16-12-27-9-6-15-44-35(27)22-48/h1,5-9,15,17-19,25,29-30,45,50H,10-14,16,20-24H2,2-3H3. The lowest BCUT2D eigenvalue weighted by Crippen LogP contribution is -2.51. The highest BCUT2D eigenvalue weighted by Gasteiger charge is 2.45. The number of aromatic hydroxyl groups is 1. The van der Waals surface area contributed by atoms with Crippen LogP contribution in [0.2, 0.25) is 0 Å². The van der Waals surface area contributed by atoms with E-state index in [-0.39, 0.29) is 28.6 Å². The lowest BCUT2D eigenvalue weighted by atomic mass is 9.86. The fourth-order valence-corrected chi connectivity index (χ4v) is 8.71. The number of hydrogen-bond donors (Lipinski definition) is 2. The molecule has 8 nitrogen and oxygen atoms in total. The molecule has 3 aliphatic heterocycles. The molecular formula is C42H43FN6O2. The van der Waals surface area contributed by atoms with Crippen molar-refractivity contribution in [3.8, 4) is 35.2 Å². The molecule has 5 aromatic rings. The van der Waals surface area contributed by atoms with Crippen LogP contribution in [-0.2, 0) is 13.0 Å². The molecule has 260 valence electrons. The van der Waals surface area contributed by atoms with Crippen LogP contribution in [-0.4, -0.2) is 69.8 Å². The summed E-state index contributed by atoms with van der Waals surface area (Å²) in [6.07, 6.45) is 13.2. The van der Waals surface area contributed by atoms with Crippen LogP contribution in [0.15, 0.2) is 54.7 Å². The number of fused-ring (bicyclic) bond motifs is 5. The summed E-state index contributed by atoms with van der Waals surface area (Å²) in [6.45, 7) is 8.94. The molecule has 4 aliphatic rings. The maximum absolute atomic E-state index is 17.6. The van der Waals surface area contributed by atoms with Gasteiger partial charge in [0, 0.05) is 78.3 Å². The van der Waals surface area contributed by atoms with Crippen LogP contribution in [0.1, 0.15) is 67.8 Å². The number of pyridine rings is 1. The molecule has 9 rings (SSSR count). The second-order valence-corrected chi connectivity index (χ2v) is 15.5. The van der Waals surface area contributed by atoms with Gasteiger partial charge in [0.2, 0.25) is 0 Å². The van der Waals surface area contributed by atoms with Gasteiger partial charge in [0.15, 0.2) is 5.82 Å². The van der Waals surface area contributed by atoms with E-state index in [4.69, 9.17) is 21.1 Å². The third-order valence-corrected chi connectivity index (χ3v) is 11.5. The van der Waals surface area contributed by atoms with Crippen molar-refractivity contribution in [3.05, 3.63) is 82.9 Å². The zero-order valence-electron chi connectivity index (χ0n) is 29.3. The Labute approximate surface area is 298 Å². The summed E-state index contributed by atoms with van der Waals surface area (Å²) in [5, 5.41) is 16.7. The first kappa shape index (κ1) is 32.1. The van der Waals surface area contributed by atoms with E-state index < -0.39 is 5.82 Å². The van der Waals surface area contributed by atoms with E-state index >= 15 is 4.39 Å². The van der Waals surface area contributed by atoms with Crippen molar-refractivity contribution in [2.75, 3.05) is 37.7 Å². The summed E-state index contributed by atoms with van der Waals surface area (Å²) < 4.78 is 24.1. The number of phenols is 1. The van der Waals surface area contributed by atoms with Crippen molar-refractivity contribution in [1.29, 1.82) is 0 Å². The molecule has 1 saturated carbocycles. The molecule has 1 aliphatic carbocycles. The molecule has 2 saturated heterocycles. The lowest BCUT2D eigenvalue weighted by molar-refractivity contribution is 0.144. The number of hydrogen-bond acceptors (Lipinski definition) is 8. The van der Waals surface area contributed by atoms with Crippen LogP contribution in [0.5, 0.6) is 11.8 Å². The zero-order valence-corrected chi connectivity index (χ0v) is 29.3. The van der Waals surface area contributed by atoms with E-state index in [9.17, 15) is 5.11 Å². The summed E-state index contributed by atoms with van der Waals surface area (Å²) >= 11 is 0. The molecule has 3 aromatic carbocycles. The Morgan fingerprint density at radius 3 is 2.69 bits per heavy atom. The first-order chi connectivity index (χ1) is 24.8. The number of anilines is 1. The summed E-state index contributed by atoms with van der Waals surface area (Å²) in [5.74, 6) is 3.05. The highest BCUT2D eigenvalue weighted by atomic mass is 19.1. The molecule has 2 N–H and O–H groups in total. The average molecular weight is 683 g/mol. The van der Waals surface area contributed by atoms with Gasteiger partial charge in [-0.3, -0.25) is 9.88 Å². The molecule has 2 unspecified atom stereocenters.